The smallest absolute Gasteiger partial charge is 0.217 e. The van der Waals surface area contributed by atoms with Crippen molar-refractivity contribution in [2.45, 2.75) is 13.6 Å². The van der Waals surface area contributed by atoms with Crippen molar-refractivity contribution in [1.82, 2.24) is 24.6 Å². The van der Waals surface area contributed by atoms with E-state index >= 15 is 0 Å². The summed E-state index contributed by atoms with van der Waals surface area (Å²) in [5.74, 6) is 3.13. The van der Waals surface area contributed by atoms with Crippen LogP contribution in [0.5, 0.6) is 5.75 Å². The normalized spacial score (nSPS) is 15.7. The first-order valence-corrected chi connectivity index (χ1v) is 11.1. The zero-order valence-electron chi connectivity index (χ0n) is 17.5. The quantitative estimate of drug-likeness (QED) is 0.506. The lowest BCUT2D eigenvalue weighted by Gasteiger charge is -2.34. The second-order valence-corrected chi connectivity index (χ2v) is 8.25. The summed E-state index contributed by atoms with van der Waals surface area (Å²) in [7, 11) is 0. The number of para-hydroxylation sites is 1. The maximum atomic E-state index is 6.14. The molecule has 1 saturated heterocycles. The molecule has 9 heteroatoms. The van der Waals surface area contributed by atoms with Gasteiger partial charge in [0.05, 0.1) is 11.7 Å². The molecule has 7 nitrogen and oxygen atoms in total. The highest BCUT2D eigenvalue weighted by atomic mass is 35.5. The van der Waals surface area contributed by atoms with Gasteiger partial charge >= 0.3 is 0 Å². The summed E-state index contributed by atoms with van der Waals surface area (Å²) < 4.78 is 13.8. The number of benzene rings is 1. The molecule has 0 saturated carbocycles. The number of hydrogen-bond donors (Lipinski definition) is 1. The van der Waals surface area contributed by atoms with Gasteiger partial charge in [-0.15, -0.1) is 0 Å². The van der Waals surface area contributed by atoms with Gasteiger partial charge < -0.3 is 9.15 Å². The Morgan fingerprint density at radius 2 is 1.90 bits per heavy atom. The number of aromatic nitrogens is 3. The van der Waals surface area contributed by atoms with Crippen molar-refractivity contribution in [3.8, 4) is 5.75 Å². The van der Waals surface area contributed by atoms with Gasteiger partial charge in [0.25, 0.3) is 0 Å². The van der Waals surface area contributed by atoms with Crippen LogP contribution in [0.1, 0.15) is 17.3 Å². The summed E-state index contributed by atoms with van der Waals surface area (Å²) in [6.45, 7) is 8.02. The number of rotatable bonds is 8. The molecular weight excluding hydrogens is 434 g/mol. The van der Waals surface area contributed by atoms with Crippen LogP contribution in [0.25, 0.3) is 12.2 Å². The predicted molar refractivity (Wildman–Crippen MR) is 125 cm³/mol. The highest BCUT2D eigenvalue weighted by Crippen LogP contribution is 2.23. The van der Waals surface area contributed by atoms with Gasteiger partial charge in [-0.05, 0) is 55.6 Å². The Morgan fingerprint density at radius 3 is 2.65 bits per heavy atom. The Bertz CT molecular complexity index is 1080. The molecule has 1 aliphatic heterocycles. The first-order chi connectivity index (χ1) is 15.1. The van der Waals surface area contributed by atoms with E-state index in [2.05, 4.69) is 19.9 Å². The van der Waals surface area contributed by atoms with Gasteiger partial charge in [-0.1, -0.05) is 23.7 Å². The molecule has 0 spiro atoms. The second-order valence-electron chi connectivity index (χ2n) is 7.48. The lowest BCUT2D eigenvalue weighted by molar-refractivity contribution is 0.0921. The van der Waals surface area contributed by atoms with Crippen LogP contribution in [0.4, 0.5) is 0 Å². The Balaban J connectivity index is 1.22. The number of piperazine rings is 1. The molecule has 3 heterocycles. The van der Waals surface area contributed by atoms with Crippen LogP contribution in [-0.2, 0) is 6.67 Å². The Hall–Kier alpha value is -2.39. The van der Waals surface area contributed by atoms with E-state index in [0.29, 0.717) is 23.1 Å². The van der Waals surface area contributed by atoms with E-state index in [9.17, 15) is 0 Å². The molecule has 1 N–H and O–H groups in total. The van der Waals surface area contributed by atoms with Crippen LogP contribution < -0.4 is 4.74 Å². The third-order valence-corrected chi connectivity index (χ3v) is 5.80. The molecule has 0 radical (unpaired) electrons. The van der Waals surface area contributed by atoms with Gasteiger partial charge in [-0.2, -0.15) is 4.98 Å². The molecule has 1 fully saturated rings. The standard InChI is InChI=1S/C22H26ClN5O2S/c1-17-6-7-18(30-17)8-9-21-24-22(31)28(25-21)16-27-12-10-26(11-13-27)14-15-29-20-5-3-2-4-19(20)23/h2-9H,10-16H2,1H3,(H,24,25,31). The molecule has 1 aliphatic rings. The molecule has 1 aromatic carbocycles. The fourth-order valence-electron chi connectivity index (χ4n) is 3.45. The molecule has 2 aromatic heterocycles. The fraction of sp³-hybridized carbons (Fsp3) is 0.364. The molecule has 3 aromatic rings. The van der Waals surface area contributed by atoms with Crippen molar-refractivity contribution in [2.24, 2.45) is 0 Å². The number of halogens is 1. The molecule has 0 atom stereocenters. The average Bonchev–Trinajstić information content (AvgIpc) is 3.34. The number of aryl methyl sites for hydroxylation is 1. The van der Waals surface area contributed by atoms with E-state index in [1.165, 1.54) is 0 Å². The number of aromatic amines is 1. The monoisotopic (exact) mass is 459 g/mol. The highest BCUT2D eigenvalue weighted by molar-refractivity contribution is 7.71. The third-order valence-electron chi connectivity index (χ3n) is 5.17. The van der Waals surface area contributed by atoms with Crippen LogP contribution in [-0.4, -0.2) is 63.9 Å². The van der Waals surface area contributed by atoms with Crippen LogP contribution in [0.3, 0.4) is 0 Å². The minimum Gasteiger partial charge on any atom is -0.491 e. The Kier molecular flexibility index (Phi) is 7.24. The number of hydrogen-bond acceptors (Lipinski definition) is 6. The van der Waals surface area contributed by atoms with Gasteiger partial charge in [-0.25, -0.2) is 4.68 Å². The number of furan rings is 1. The van der Waals surface area contributed by atoms with E-state index < -0.39 is 0 Å². The summed E-state index contributed by atoms with van der Waals surface area (Å²) in [6.07, 6.45) is 3.76. The summed E-state index contributed by atoms with van der Waals surface area (Å²) in [4.78, 5) is 9.18. The van der Waals surface area contributed by atoms with Crippen molar-refractivity contribution in [3.05, 3.63) is 63.5 Å². The number of ether oxygens (including phenoxy) is 1. The molecule has 4 rings (SSSR count). The Labute approximate surface area is 191 Å². The molecule has 31 heavy (non-hydrogen) atoms. The van der Waals surface area contributed by atoms with E-state index in [1.54, 1.807) is 0 Å². The Morgan fingerprint density at radius 1 is 1.13 bits per heavy atom. The molecule has 0 aliphatic carbocycles. The summed E-state index contributed by atoms with van der Waals surface area (Å²) >= 11 is 11.5. The number of nitrogens with one attached hydrogen (secondary N) is 1. The molecule has 0 amide bonds. The SMILES string of the molecule is Cc1ccc(C=Cc2nc(=S)n(CN3CCN(CCOc4ccccc4Cl)CC3)[nH]2)o1. The van der Waals surface area contributed by atoms with E-state index in [-0.39, 0.29) is 0 Å². The maximum Gasteiger partial charge on any atom is 0.217 e. The lowest BCUT2D eigenvalue weighted by Crippen LogP contribution is -2.47. The van der Waals surface area contributed by atoms with E-state index in [0.717, 1.165) is 55.8 Å². The van der Waals surface area contributed by atoms with Gasteiger partial charge in [0.15, 0.2) is 0 Å². The van der Waals surface area contributed by atoms with Gasteiger partial charge in [-0.3, -0.25) is 14.9 Å². The zero-order chi connectivity index (χ0) is 21.6. The molecule has 0 bridgehead atoms. The predicted octanol–water partition coefficient (Wildman–Crippen LogP) is 4.32. The molecule has 164 valence electrons. The van der Waals surface area contributed by atoms with Crippen LogP contribution >= 0.6 is 23.8 Å². The first kappa shape index (κ1) is 21.8. The summed E-state index contributed by atoms with van der Waals surface area (Å²) in [5, 5.41) is 3.91. The van der Waals surface area contributed by atoms with E-state index in [4.69, 9.17) is 33.0 Å². The van der Waals surface area contributed by atoms with Crippen molar-refractivity contribution in [3.63, 3.8) is 0 Å². The third kappa shape index (κ3) is 6.07. The summed E-state index contributed by atoms with van der Waals surface area (Å²) in [5.41, 5.74) is 0. The van der Waals surface area contributed by atoms with Crippen molar-refractivity contribution in [1.29, 1.82) is 0 Å². The second kappa shape index (κ2) is 10.3. The van der Waals surface area contributed by atoms with E-state index in [1.807, 2.05) is 60.2 Å². The van der Waals surface area contributed by atoms with Gasteiger partial charge in [0, 0.05) is 32.7 Å². The largest absolute Gasteiger partial charge is 0.491 e. The topological polar surface area (TPSA) is 62.5 Å². The minimum atomic E-state index is 0.547. The maximum absolute atomic E-state index is 6.14. The number of nitrogens with zero attached hydrogens (tertiary/aromatic N) is 4. The summed E-state index contributed by atoms with van der Waals surface area (Å²) in [6, 6.07) is 11.4. The first-order valence-electron chi connectivity index (χ1n) is 10.3. The number of H-pyrrole nitrogens is 1. The van der Waals surface area contributed by atoms with Crippen molar-refractivity contribution in [2.75, 3.05) is 39.3 Å². The molecule has 0 unspecified atom stereocenters. The minimum absolute atomic E-state index is 0.547. The zero-order valence-corrected chi connectivity index (χ0v) is 19.0. The van der Waals surface area contributed by atoms with Crippen LogP contribution in [0.2, 0.25) is 5.02 Å². The van der Waals surface area contributed by atoms with Gasteiger partial charge in [0.1, 0.15) is 29.7 Å². The lowest BCUT2D eigenvalue weighted by atomic mass is 10.3. The van der Waals surface area contributed by atoms with Crippen molar-refractivity contribution >= 4 is 36.0 Å². The average molecular weight is 460 g/mol. The fourth-order valence-corrected chi connectivity index (χ4v) is 3.84. The van der Waals surface area contributed by atoms with Crippen LogP contribution in [0.15, 0.2) is 40.8 Å². The van der Waals surface area contributed by atoms with Crippen molar-refractivity contribution < 1.29 is 9.15 Å². The van der Waals surface area contributed by atoms with Gasteiger partial charge in [0.2, 0.25) is 4.77 Å². The highest BCUT2D eigenvalue weighted by Gasteiger charge is 2.17. The van der Waals surface area contributed by atoms with Crippen LogP contribution in [0, 0.1) is 11.7 Å². The molecular formula is C22H26ClN5O2S.